The van der Waals surface area contributed by atoms with Crippen molar-refractivity contribution in [3.63, 3.8) is 0 Å². The smallest absolute Gasteiger partial charge is 0.325 e. The van der Waals surface area contributed by atoms with Crippen LogP contribution in [0.5, 0.6) is 0 Å². The molecule has 0 aromatic carbocycles. The van der Waals surface area contributed by atoms with Gasteiger partial charge in [0, 0.05) is 0 Å². The summed E-state index contributed by atoms with van der Waals surface area (Å²) in [5.74, 6) is -0.710. The molecule has 88 valence electrons. The Bertz CT molecular complexity index is 324. The van der Waals surface area contributed by atoms with E-state index in [9.17, 15) is 9.59 Å². The number of rotatable bonds is 5. The standard InChI is InChI=1S/C10H15N3O3/c1-2-7-9(12)10(15)13(7)6-8(14)16-5-3-4-11/h7,9H,2-3,5-6,12H2,1H3. The van der Waals surface area contributed by atoms with E-state index in [-0.39, 0.29) is 31.5 Å². The van der Waals surface area contributed by atoms with Gasteiger partial charge in [0.2, 0.25) is 5.91 Å². The first-order valence-electron chi connectivity index (χ1n) is 5.20. The number of carbonyl (C=O) groups is 2. The fourth-order valence-electron chi connectivity index (χ4n) is 1.70. The third-order valence-corrected chi connectivity index (χ3v) is 2.58. The van der Waals surface area contributed by atoms with E-state index in [0.29, 0.717) is 0 Å². The van der Waals surface area contributed by atoms with Crippen LogP contribution in [0.3, 0.4) is 0 Å². The number of likely N-dealkylation sites (tertiary alicyclic amines) is 1. The highest BCUT2D eigenvalue weighted by Crippen LogP contribution is 2.20. The zero-order valence-electron chi connectivity index (χ0n) is 9.18. The molecule has 2 unspecified atom stereocenters. The minimum atomic E-state index is -0.492. The van der Waals surface area contributed by atoms with Crippen LogP contribution in [-0.4, -0.2) is 42.0 Å². The van der Waals surface area contributed by atoms with E-state index in [1.807, 2.05) is 13.0 Å². The molecule has 1 fully saturated rings. The summed E-state index contributed by atoms with van der Waals surface area (Å²) in [7, 11) is 0. The summed E-state index contributed by atoms with van der Waals surface area (Å²) in [5, 5.41) is 8.25. The molecule has 0 radical (unpaired) electrons. The lowest BCUT2D eigenvalue weighted by Gasteiger charge is -2.44. The number of amides is 1. The number of esters is 1. The van der Waals surface area contributed by atoms with Crippen LogP contribution < -0.4 is 5.73 Å². The van der Waals surface area contributed by atoms with Gasteiger partial charge in [0.05, 0.1) is 18.5 Å². The average molecular weight is 225 g/mol. The van der Waals surface area contributed by atoms with Crippen LogP contribution in [0.2, 0.25) is 0 Å². The van der Waals surface area contributed by atoms with Crippen molar-refractivity contribution in [2.24, 2.45) is 5.73 Å². The van der Waals surface area contributed by atoms with Gasteiger partial charge in [0.15, 0.2) is 0 Å². The van der Waals surface area contributed by atoms with Gasteiger partial charge in [0.25, 0.3) is 0 Å². The zero-order chi connectivity index (χ0) is 12.1. The Morgan fingerprint density at radius 2 is 2.38 bits per heavy atom. The van der Waals surface area contributed by atoms with E-state index < -0.39 is 12.0 Å². The van der Waals surface area contributed by atoms with Crippen molar-refractivity contribution in [2.45, 2.75) is 31.8 Å². The summed E-state index contributed by atoms with van der Waals surface area (Å²) in [6.07, 6.45) is 0.884. The third-order valence-electron chi connectivity index (χ3n) is 2.58. The first-order valence-corrected chi connectivity index (χ1v) is 5.20. The number of ether oxygens (including phenoxy) is 1. The largest absolute Gasteiger partial charge is 0.463 e. The maximum absolute atomic E-state index is 11.3. The van der Waals surface area contributed by atoms with Gasteiger partial charge in [0.1, 0.15) is 19.2 Å². The van der Waals surface area contributed by atoms with Gasteiger partial charge >= 0.3 is 5.97 Å². The molecule has 1 aliphatic rings. The second-order valence-corrected chi connectivity index (χ2v) is 3.60. The molecule has 16 heavy (non-hydrogen) atoms. The predicted molar refractivity (Wildman–Crippen MR) is 55.0 cm³/mol. The van der Waals surface area contributed by atoms with Crippen LogP contribution in [0.4, 0.5) is 0 Å². The number of nitrogens with two attached hydrogens (primary N) is 1. The highest BCUT2D eigenvalue weighted by molar-refractivity contribution is 5.92. The van der Waals surface area contributed by atoms with Crippen molar-refractivity contribution < 1.29 is 14.3 Å². The Balaban J connectivity index is 2.34. The lowest BCUT2D eigenvalue weighted by Crippen LogP contribution is -2.69. The number of nitrogens with zero attached hydrogens (tertiary/aromatic N) is 2. The Hall–Kier alpha value is -1.61. The van der Waals surface area contributed by atoms with E-state index in [1.54, 1.807) is 0 Å². The summed E-state index contributed by atoms with van der Waals surface area (Å²) >= 11 is 0. The van der Waals surface area contributed by atoms with Gasteiger partial charge in [-0.05, 0) is 6.42 Å². The number of carbonyl (C=O) groups excluding carboxylic acids is 2. The highest BCUT2D eigenvalue weighted by atomic mass is 16.5. The number of hydrogen-bond acceptors (Lipinski definition) is 5. The molecule has 0 aromatic heterocycles. The summed E-state index contributed by atoms with van der Waals surface area (Å²) in [6.45, 7) is 1.90. The number of hydrogen-bond donors (Lipinski definition) is 1. The van der Waals surface area contributed by atoms with E-state index in [0.717, 1.165) is 6.42 Å². The van der Waals surface area contributed by atoms with Crippen LogP contribution >= 0.6 is 0 Å². The van der Waals surface area contributed by atoms with Crippen molar-refractivity contribution in [3.8, 4) is 6.07 Å². The van der Waals surface area contributed by atoms with Crippen molar-refractivity contribution in [3.05, 3.63) is 0 Å². The van der Waals surface area contributed by atoms with E-state index in [2.05, 4.69) is 0 Å². The fraction of sp³-hybridized carbons (Fsp3) is 0.700. The van der Waals surface area contributed by atoms with Crippen molar-refractivity contribution in [2.75, 3.05) is 13.2 Å². The molecule has 1 amide bonds. The Kier molecular flexibility index (Phi) is 4.26. The minimum Gasteiger partial charge on any atom is -0.463 e. The van der Waals surface area contributed by atoms with E-state index in [4.69, 9.17) is 15.7 Å². The Morgan fingerprint density at radius 3 is 2.94 bits per heavy atom. The fourth-order valence-corrected chi connectivity index (χ4v) is 1.70. The Morgan fingerprint density at radius 1 is 1.69 bits per heavy atom. The summed E-state index contributed by atoms with van der Waals surface area (Å²) < 4.78 is 4.77. The molecule has 0 bridgehead atoms. The van der Waals surface area contributed by atoms with Gasteiger partial charge in [-0.2, -0.15) is 5.26 Å². The molecule has 0 saturated carbocycles. The third kappa shape index (κ3) is 2.49. The maximum Gasteiger partial charge on any atom is 0.325 e. The molecule has 1 aliphatic heterocycles. The van der Waals surface area contributed by atoms with Crippen LogP contribution in [0.1, 0.15) is 19.8 Å². The molecular formula is C10H15N3O3. The average Bonchev–Trinajstić information content (AvgIpc) is 2.28. The van der Waals surface area contributed by atoms with Crippen LogP contribution in [-0.2, 0) is 14.3 Å². The zero-order valence-corrected chi connectivity index (χ0v) is 9.18. The van der Waals surface area contributed by atoms with Crippen LogP contribution in [0.15, 0.2) is 0 Å². The Labute approximate surface area is 93.9 Å². The number of nitriles is 1. The lowest BCUT2D eigenvalue weighted by molar-refractivity contribution is -0.159. The first kappa shape index (κ1) is 12.5. The van der Waals surface area contributed by atoms with Crippen molar-refractivity contribution in [1.82, 2.24) is 4.90 Å². The summed E-state index contributed by atoms with van der Waals surface area (Å²) in [6, 6.07) is 1.30. The summed E-state index contributed by atoms with van der Waals surface area (Å²) in [4.78, 5) is 24.0. The second kappa shape index (κ2) is 5.47. The molecule has 1 rings (SSSR count). The molecule has 2 atom stereocenters. The predicted octanol–water partition coefficient (Wildman–Crippen LogP) is -0.609. The van der Waals surface area contributed by atoms with Crippen LogP contribution in [0.25, 0.3) is 0 Å². The van der Waals surface area contributed by atoms with Crippen molar-refractivity contribution in [1.29, 1.82) is 5.26 Å². The molecule has 6 nitrogen and oxygen atoms in total. The molecule has 1 heterocycles. The van der Waals surface area contributed by atoms with Gasteiger partial charge in [-0.25, -0.2) is 0 Å². The molecule has 2 N–H and O–H groups in total. The monoisotopic (exact) mass is 225 g/mol. The first-order chi connectivity index (χ1) is 7.61. The molecule has 0 aliphatic carbocycles. The quantitative estimate of drug-likeness (QED) is 0.382. The SMILES string of the molecule is CCC1C(N)C(=O)N1CC(=O)OCCC#N. The normalized spacial score (nSPS) is 23.6. The lowest BCUT2D eigenvalue weighted by atomic mass is 9.94. The van der Waals surface area contributed by atoms with Gasteiger partial charge in [-0.15, -0.1) is 0 Å². The molecule has 1 saturated heterocycles. The number of β-lactam (4-membered cyclic amide) rings is 1. The topological polar surface area (TPSA) is 96.4 Å². The van der Waals surface area contributed by atoms with Gasteiger partial charge in [-0.1, -0.05) is 6.92 Å². The summed E-state index contributed by atoms with van der Waals surface area (Å²) in [5.41, 5.74) is 5.58. The molecule has 6 heteroatoms. The molecule has 0 aromatic rings. The molecule has 0 spiro atoms. The van der Waals surface area contributed by atoms with Crippen LogP contribution in [0, 0.1) is 11.3 Å². The minimum absolute atomic E-state index is 0.0697. The van der Waals surface area contributed by atoms with E-state index >= 15 is 0 Å². The maximum atomic E-state index is 11.3. The highest BCUT2D eigenvalue weighted by Gasteiger charge is 2.44. The van der Waals surface area contributed by atoms with E-state index in [1.165, 1.54) is 4.90 Å². The molecular weight excluding hydrogens is 210 g/mol. The second-order valence-electron chi connectivity index (χ2n) is 3.60. The van der Waals surface area contributed by atoms with Gasteiger partial charge < -0.3 is 15.4 Å². The van der Waals surface area contributed by atoms with Crippen molar-refractivity contribution >= 4 is 11.9 Å². The van der Waals surface area contributed by atoms with Gasteiger partial charge in [-0.3, -0.25) is 9.59 Å².